The van der Waals surface area contributed by atoms with Crippen LogP contribution in [0.5, 0.6) is 0 Å². The van der Waals surface area contributed by atoms with Crippen molar-refractivity contribution in [1.29, 1.82) is 0 Å². The van der Waals surface area contributed by atoms with E-state index in [0.717, 1.165) is 37.1 Å². The summed E-state index contributed by atoms with van der Waals surface area (Å²) in [5, 5.41) is 4.17. The quantitative estimate of drug-likeness (QED) is 0.632. The number of hydrogen-bond donors (Lipinski definition) is 2. The molecule has 1 aliphatic rings. The standard InChI is InChI=1S/C17H25ClN4O2/c1-13-7-9-21(10-8-13)17(24)22(20-18)12-16-5-3-15(4-6-16)11-19-14(2)23/h3-6,13,20H,7-12H2,1-2H3,(H,19,23). The van der Waals surface area contributed by atoms with Crippen LogP contribution in [0.4, 0.5) is 4.79 Å². The number of carbonyl (C=O) groups is 2. The van der Waals surface area contributed by atoms with Gasteiger partial charge in [-0.3, -0.25) is 4.79 Å². The van der Waals surface area contributed by atoms with Crippen LogP contribution < -0.4 is 10.3 Å². The maximum Gasteiger partial charge on any atom is 0.335 e. The minimum absolute atomic E-state index is 0.0574. The normalized spacial score (nSPS) is 15.2. The summed E-state index contributed by atoms with van der Waals surface area (Å²) in [6.07, 6.45) is 2.05. The molecule has 1 aliphatic heterocycles. The molecule has 0 aliphatic carbocycles. The van der Waals surface area contributed by atoms with Crippen LogP contribution in [0.3, 0.4) is 0 Å². The summed E-state index contributed by atoms with van der Waals surface area (Å²) < 4.78 is 0. The lowest BCUT2D eigenvalue weighted by atomic mass is 10.00. The number of hydrogen-bond acceptors (Lipinski definition) is 3. The Morgan fingerprint density at radius 2 is 1.79 bits per heavy atom. The number of nitrogens with one attached hydrogen (secondary N) is 2. The van der Waals surface area contributed by atoms with Gasteiger partial charge >= 0.3 is 6.03 Å². The minimum Gasteiger partial charge on any atom is -0.352 e. The van der Waals surface area contributed by atoms with Crippen LogP contribution >= 0.6 is 11.8 Å². The van der Waals surface area contributed by atoms with Crippen LogP contribution in [-0.2, 0) is 17.9 Å². The van der Waals surface area contributed by atoms with Crippen molar-refractivity contribution in [3.63, 3.8) is 0 Å². The van der Waals surface area contributed by atoms with Gasteiger partial charge in [-0.2, -0.15) is 0 Å². The zero-order valence-electron chi connectivity index (χ0n) is 14.2. The van der Waals surface area contributed by atoms with Gasteiger partial charge in [0.1, 0.15) is 0 Å². The molecule has 0 spiro atoms. The van der Waals surface area contributed by atoms with E-state index in [1.54, 1.807) is 0 Å². The van der Waals surface area contributed by atoms with Crippen LogP contribution in [0.25, 0.3) is 0 Å². The summed E-state index contributed by atoms with van der Waals surface area (Å²) in [6.45, 7) is 6.12. The molecule has 2 rings (SSSR count). The second-order valence-corrected chi connectivity index (χ2v) is 6.52. The molecule has 1 fully saturated rings. The zero-order valence-corrected chi connectivity index (χ0v) is 15.0. The first-order chi connectivity index (χ1) is 11.5. The molecule has 1 aromatic rings. The van der Waals surface area contributed by atoms with E-state index < -0.39 is 0 Å². The maximum absolute atomic E-state index is 12.5. The largest absolute Gasteiger partial charge is 0.352 e. The summed E-state index contributed by atoms with van der Waals surface area (Å²) in [5.74, 6) is 0.612. The van der Waals surface area contributed by atoms with Crippen molar-refractivity contribution >= 4 is 23.7 Å². The number of urea groups is 1. The third-order valence-electron chi connectivity index (χ3n) is 4.29. The van der Waals surface area contributed by atoms with E-state index in [0.29, 0.717) is 19.0 Å². The topological polar surface area (TPSA) is 64.7 Å². The van der Waals surface area contributed by atoms with Crippen molar-refractivity contribution in [3.8, 4) is 0 Å². The van der Waals surface area contributed by atoms with Gasteiger partial charge in [0.25, 0.3) is 0 Å². The fourth-order valence-corrected chi connectivity index (χ4v) is 2.81. The number of hydrazine groups is 1. The highest BCUT2D eigenvalue weighted by Crippen LogP contribution is 2.18. The second kappa shape index (κ2) is 8.89. The summed E-state index contributed by atoms with van der Waals surface area (Å²) >= 11 is 5.76. The number of nitrogens with zero attached hydrogens (tertiary/aromatic N) is 2. The number of likely N-dealkylation sites (tertiary alicyclic amines) is 1. The van der Waals surface area contributed by atoms with E-state index in [-0.39, 0.29) is 11.9 Å². The molecule has 1 saturated heterocycles. The Kier molecular flexibility index (Phi) is 6.87. The highest BCUT2D eigenvalue weighted by molar-refractivity contribution is 6.13. The molecule has 0 atom stereocenters. The molecule has 2 N–H and O–H groups in total. The van der Waals surface area contributed by atoms with Gasteiger partial charge in [-0.25, -0.2) is 9.80 Å². The Labute approximate surface area is 148 Å². The summed E-state index contributed by atoms with van der Waals surface area (Å²) in [4.78, 5) is 27.8. The van der Waals surface area contributed by atoms with Crippen LogP contribution in [0.1, 0.15) is 37.8 Å². The number of piperidine rings is 1. The number of benzene rings is 1. The zero-order chi connectivity index (χ0) is 17.5. The molecule has 0 unspecified atom stereocenters. The van der Waals surface area contributed by atoms with E-state index in [1.165, 1.54) is 11.9 Å². The Balaban J connectivity index is 1.92. The van der Waals surface area contributed by atoms with Gasteiger partial charge in [0.2, 0.25) is 5.91 Å². The molecule has 132 valence electrons. The third kappa shape index (κ3) is 5.39. The molecule has 0 saturated carbocycles. The average Bonchev–Trinajstić information content (AvgIpc) is 2.59. The van der Waals surface area contributed by atoms with E-state index in [2.05, 4.69) is 17.2 Å². The van der Waals surface area contributed by atoms with Crippen molar-refractivity contribution in [2.75, 3.05) is 13.1 Å². The highest BCUT2D eigenvalue weighted by atomic mass is 35.5. The summed E-state index contributed by atoms with van der Waals surface area (Å²) in [7, 11) is 0. The molecular formula is C17H25ClN4O2. The first-order valence-corrected chi connectivity index (χ1v) is 8.62. The van der Waals surface area contributed by atoms with Crippen molar-refractivity contribution < 1.29 is 9.59 Å². The predicted molar refractivity (Wildman–Crippen MR) is 93.9 cm³/mol. The third-order valence-corrected chi connectivity index (χ3v) is 4.50. The average molecular weight is 353 g/mol. The van der Waals surface area contributed by atoms with Gasteiger partial charge in [0.05, 0.1) is 6.54 Å². The lowest BCUT2D eigenvalue weighted by Gasteiger charge is -2.34. The van der Waals surface area contributed by atoms with E-state index in [1.807, 2.05) is 29.2 Å². The Morgan fingerprint density at radius 3 is 2.33 bits per heavy atom. The predicted octanol–water partition coefficient (Wildman–Crippen LogP) is 2.64. The second-order valence-electron chi connectivity index (χ2n) is 6.35. The van der Waals surface area contributed by atoms with Crippen LogP contribution in [0, 0.1) is 5.92 Å². The van der Waals surface area contributed by atoms with Crippen molar-refractivity contribution in [2.45, 2.75) is 39.8 Å². The Hall–Kier alpha value is -1.79. The monoisotopic (exact) mass is 352 g/mol. The van der Waals surface area contributed by atoms with Gasteiger partial charge in [-0.1, -0.05) is 31.2 Å². The van der Waals surface area contributed by atoms with Crippen LogP contribution in [0.2, 0.25) is 0 Å². The number of rotatable bonds is 5. The first kappa shape index (κ1) is 18.5. The van der Waals surface area contributed by atoms with Crippen molar-refractivity contribution in [2.24, 2.45) is 5.92 Å². The molecule has 0 bridgehead atoms. The fraction of sp³-hybridized carbons (Fsp3) is 0.529. The molecule has 7 heteroatoms. The highest BCUT2D eigenvalue weighted by Gasteiger charge is 2.24. The molecule has 0 aromatic heterocycles. The van der Waals surface area contributed by atoms with Crippen LogP contribution in [-0.4, -0.2) is 34.9 Å². The van der Waals surface area contributed by atoms with E-state index >= 15 is 0 Å². The molecule has 24 heavy (non-hydrogen) atoms. The first-order valence-electron chi connectivity index (χ1n) is 8.24. The smallest absolute Gasteiger partial charge is 0.335 e. The fourth-order valence-electron chi connectivity index (χ4n) is 2.68. The Morgan fingerprint density at radius 1 is 1.21 bits per heavy atom. The van der Waals surface area contributed by atoms with Gasteiger partial charge in [0, 0.05) is 26.6 Å². The number of amides is 3. The number of halogens is 1. The minimum atomic E-state index is -0.0979. The maximum atomic E-state index is 12.5. The molecule has 1 aromatic carbocycles. The molecular weight excluding hydrogens is 328 g/mol. The van der Waals surface area contributed by atoms with Gasteiger partial charge in [-0.15, -0.1) is 4.94 Å². The lowest BCUT2D eigenvalue weighted by molar-refractivity contribution is -0.119. The summed E-state index contributed by atoms with van der Waals surface area (Å²) in [5.41, 5.74) is 1.98. The number of carbonyl (C=O) groups excluding carboxylic acids is 2. The van der Waals surface area contributed by atoms with Crippen molar-refractivity contribution in [1.82, 2.24) is 20.2 Å². The lowest BCUT2D eigenvalue weighted by Crippen LogP contribution is -2.49. The van der Waals surface area contributed by atoms with E-state index in [4.69, 9.17) is 11.8 Å². The van der Waals surface area contributed by atoms with Crippen LogP contribution in [0.15, 0.2) is 24.3 Å². The van der Waals surface area contributed by atoms with Gasteiger partial charge < -0.3 is 10.2 Å². The SMILES string of the molecule is CC(=O)NCc1ccc(CN(NCl)C(=O)N2CCC(C)CC2)cc1. The van der Waals surface area contributed by atoms with Gasteiger partial charge in [0.15, 0.2) is 0 Å². The molecule has 6 nitrogen and oxygen atoms in total. The van der Waals surface area contributed by atoms with E-state index in [9.17, 15) is 9.59 Å². The molecule has 3 amide bonds. The van der Waals surface area contributed by atoms with Gasteiger partial charge in [-0.05, 0) is 41.7 Å². The Bertz CT molecular complexity index is 556. The summed E-state index contributed by atoms with van der Waals surface area (Å²) in [6, 6.07) is 7.64. The van der Waals surface area contributed by atoms with Crippen molar-refractivity contribution in [3.05, 3.63) is 35.4 Å². The molecule has 0 radical (unpaired) electrons. The molecule has 1 heterocycles.